The van der Waals surface area contributed by atoms with E-state index in [1.807, 2.05) is 67.6 Å². The first kappa shape index (κ1) is 18.2. The molecule has 5 nitrogen and oxygen atoms in total. The van der Waals surface area contributed by atoms with Crippen LogP contribution in [0.4, 0.5) is 5.69 Å². The number of benzene rings is 2. The second-order valence-corrected chi connectivity index (χ2v) is 6.97. The van der Waals surface area contributed by atoms with E-state index >= 15 is 0 Å². The molecule has 0 spiro atoms. The van der Waals surface area contributed by atoms with Gasteiger partial charge in [-0.3, -0.25) is 4.79 Å². The lowest BCUT2D eigenvalue weighted by Crippen LogP contribution is -2.25. The van der Waals surface area contributed by atoms with Gasteiger partial charge in [-0.1, -0.05) is 29.8 Å². The van der Waals surface area contributed by atoms with Crippen LogP contribution >= 0.6 is 22.6 Å². The molecule has 0 aliphatic rings. The average Bonchev–Trinajstić information content (AvgIpc) is 3.11. The van der Waals surface area contributed by atoms with E-state index in [0.29, 0.717) is 5.76 Å². The Kier molecular flexibility index (Phi) is 6.06. The van der Waals surface area contributed by atoms with Crippen LogP contribution in [0.3, 0.4) is 0 Å². The molecule has 0 unspecified atom stereocenters. The van der Waals surface area contributed by atoms with Gasteiger partial charge in [0.25, 0.3) is 5.91 Å². The number of nitrogens with zero attached hydrogens (tertiary/aromatic N) is 1. The second-order valence-electron chi connectivity index (χ2n) is 5.72. The highest BCUT2D eigenvalue weighted by Gasteiger charge is 2.04. The van der Waals surface area contributed by atoms with Gasteiger partial charge in [-0.15, -0.1) is 0 Å². The van der Waals surface area contributed by atoms with Crippen molar-refractivity contribution < 1.29 is 9.21 Å². The van der Waals surface area contributed by atoms with E-state index in [4.69, 9.17) is 4.42 Å². The first-order chi connectivity index (χ1) is 12.6. The van der Waals surface area contributed by atoms with E-state index in [-0.39, 0.29) is 12.5 Å². The van der Waals surface area contributed by atoms with Gasteiger partial charge in [0.05, 0.1) is 12.8 Å². The van der Waals surface area contributed by atoms with Crippen molar-refractivity contribution in [3.05, 3.63) is 75.6 Å². The Morgan fingerprint density at radius 2 is 1.81 bits per heavy atom. The molecule has 0 saturated carbocycles. The average molecular weight is 459 g/mol. The summed E-state index contributed by atoms with van der Waals surface area (Å²) < 4.78 is 6.88. The third-order valence-electron chi connectivity index (χ3n) is 3.64. The fourth-order valence-corrected chi connectivity index (χ4v) is 2.61. The summed E-state index contributed by atoms with van der Waals surface area (Å²) in [5, 5.41) is 6.97. The predicted molar refractivity (Wildman–Crippen MR) is 112 cm³/mol. The monoisotopic (exact) mass is 459 g/mol. The van der Waals surface area contributed by atoms with Crippen LogP contribution < -0.4 is 10.7 Å². The summed E-state index contributed by atoms with van der Waals surface area (Å²) in [6, 6.07) is 19.6. The Balaban J connectivity index is 1.49. The molecule has 0 atom stereocenters. The third-order valence-corrected chi connectivity index (χ3v) is 4.36. The van der Waals surface area contributed by atoms with Crippen LogP contribution in [0, 0.1) is 10.5 Å². The van der Waals surface area contributed by atoms with Gasteiger partial charge in [-0.25, -0.2) is 5.43 Å². The van der Waals surface area contributed by atoms with Gasteiger partial charge in [0.15, 0.2) is 0 Å². The van der Waals surface area contributed by atoms with Gasteiger partial charge >= 0.3 is 0 Å². The van der Waals surface area contributed by atoms with Crippen LogP contribution in [0.15, 0.2) is 70.2 Å². The van der Waals surface area contributed by atoms with Crippen molar-refractivity contribution in [3.63, 3.8) is 0 Å². The zero-order chi connectivity index (χ0) is 18.4. The molecule has 132 valence electrons. The van der Waals surface area contributed by atoms with Crippen molar-refractivity contribution in [1.29, 1.82) is 0 Å². The number of furan rings is 1. The van der Waals surface area contributed by atoms with E-state index in [0.717, 1.165) is 17.0 Å². The van der Waals surface area contributed by atoms with Gasteiger partial charge in [0.1, 0.15) is 11.5 Å². The highest BCUT2D eigenvalue weighted by atomic mass is 127. The Morgan fingerprint density at radius 1 is 1.08 bits per heavy atom. The molecule has 0 saturated heterocycles. The Morgan fingerprint density at radius 3 is 2.54 bits per heavy atom. The number of carbonyl (C=O) groups is 1. The second kappa shape index (κ2) is 8.66. The number of hydrazone groups is 1. The molecule has 0 bridgehead atoms. The molecule has 3 rings (SSSR count). The highest BCUT2D eigenvalue weighted by Crippen LogP contribution is 2.22. The summed E-state index contributed by atoms with van der Waals surface area (Å²) in [7, 11) is 0. The molecule has 0 aliphatic heterocycles. The minimum atomic E-state index is -0.230. The van der Waals surface area contributed by atoms with Crippen molar-refractivity contribution in [1.82, 2.24) is 5.43 Å². The minimum Gasteiger partial charge on any atom is -0.455 e. The molecule has 2 N–H and O–H groups in total. The molecule has 1 amide bonds. The van der Waals surface area contributed by atoms with E-state index in [1.165, 1.54) is 15.3 Å². The number of hydrogen-bond acceptors (Lipinski definition) is 4. The summed E-state index contributed by atoms with van der Waals surface area (Å²) >= 11 is 2.26. The highest BCUT2D eigenvalue weighted by molar-refractivity contribution is 14.1. The van der Waals surface area contributed by atoms with E-state index < -0.39 is 0 Å². The summed E-state index contributed by atoms with van der Waals surface area (Å²) in [5.74, 6) is 1.10. The number of nitrogens with one attached hydrogen (secondary N) is 2. The number of halogens is 1. The lowest BCUT2D eigenvalue weighted by molar-refractivity contribution is -0.119. The summed E-state index contributed by atoms with van der Waals surface area (Å²) in [6.45, 7) is 2.16. The summed E-state index contributed by atoms with van der Waals surface area (Å²) in [4.78, 5) is 11.8. The molecule has 0 fully saturated rings. The standard InChI is InChI=1S/C20H18IN3O2/c1-14-2-8-17(9-3-14)22-13-20(25)24-23-12-18-10-11-19(26-18)15-4-6-16(21)7-5-15/h2-12,22H,13H2,1H3,(H,24,25)/b23-12-. The molecular formula is C20H18IN3O2. The largest absolute Gasteiger partial charge is 0.455 e. The molecule has 26 heavy (non-hydrogen) atoms. The topological polar surface area (TPSA) is 66.6 Å². The van der Waals surface area contributed by atoms with Crippen LogP contribution in [0.2, 0.25) is 0 Å². The summed E-state index contributed by atoms with van der Waals surface area (Å²) in [6.07, 6.45) is 1.49. The van der Waals surface area contributed by atoms with Crippen molar-refractivity contribution in [2.45, 2.75) is 6.92 Å². The van der Waals surface area contributed by atoms with Crippen LogP contribution in [0.1, 0.15) is 11.3 Å². The third kappa shape index (κ3) is 5.19. The maximum Gasteiger partial charge on any atom is 0.259 e. The number of carbonyl (C=O) groups excluding carboxylic acids is 1. The van der Waals surface area contributed by atoms with Crippen molar-refractivity contribution in [2.75, 3.05) is 11.9 Å². The van der Waals surface area contributed by atoms with Crippen LogP contribution in [-0.2, 0) is 4.79 Å². The lowest BCUT2D eigenvalue weighted by atomic mass is 10.2. The smallest absolute Gasteiger partial charge is 0.259 e. The SMILES string of the molecule is Cc1ccc(NCC(=O)N/N=C\c2ccc(-c3ccc(I)cc3)o2)cc1. The maximum absolute atomic E-state index is 11.8. The Labute approximate surface area is 165 Å². The van der Waals surface area contributed by atoms with E-state index in [2.05, 4.69) is 38.4 Å². The molecule has 0 radical (unpaired) electrons. The zero-order valence-corrected chi connectivity index (χ0v) is 16.4. The number of hydrogen-bond donors (Lipinski definition) is 2. The Hall–Kier alpha value is -2.61. The first-order valence-corrected chi connectivity index (χ1v) is 9.16. The van der Waals surface area contributed by atoms with Gasteiger partial charge < -0.3 is 9.73 Å². The number of rotatable bonds is 6. The Bertz CT molecular complexity index is 900. The molecule has 3 aromatic rings. The van der Waals surface area contributed by atoms with Gasteiger partial charge in [0.2, 0.25) is 0 Å². The number of anilines is 1. The van der Waals surface area contributed by atoms with Crippen LogP contribution in [0.25, 0.3) is 11.3 Å². The zero-order valence-electron chi connectivity index (χ0n) is 14.2. The molecule has 0 aliphatic carbocycles. The number of amides is 1. The maximum atomic E-state index is 11.8. The molecular weight excluding hydrogens is 441 g/mol. The van der Waals surface area contributed by atoms with Crippen LogP contribution in [-0.4, -0.2) is 18.7 Å². The fourth-order valence-electron chi connectivity index (χ4n) is 2.25. The predicted octanol–water partition coefficient (Wildman–Crippen LogP) is 4.42. The first-order valence-electron chi connectivity index (χ1n) is 8.08. The quantitative estimate of drug-likeness (QED) is 0.326. The van der Waals surface area contributed by atoms with Crippen molar-refractivity contribution in [2.24, 2.45) is 5.10 Å². The van der Waals surface area contributed by atoms with Crippen LogP contribution in [0.5, 0.6) is 0 Å². The molecule has 1 heterocycles. The van der Waals surface area contributed by atoms with Crippen molar-refractivity contribution >= 4 is 40.4 Å². The fraction of sp³-hybridized carbons (Fsp3) is 0.100. The summed E-state index contributed by atoms with van der Waals surface area (Å²) in [5.41, 5.74) is 5.54. The van der Waals surface area contributed by atoms with Gasteiger partial charge in [-0.05, 0) is 65.9 Å². The van der Waals surface area contributed by atoms with Crippen molar-refractivity contribution in [3.8, 4) is 11.3 Å². The molecule has 1 aromatic heterocycles. The lowest BCUT2D eigenvalue weighted by Gasteiger charge is -2.05. The minimum absolute atomic E-state index is 0.145. The normalized spacial score (nSPS) is 10.8. The van der Waals surface area contributed by atoms with Gasteiger partial charge in [0, 0.05) is 14.8 Å². The molecule has 2 aromatic carbocycles. The van der Waals surface area contributed by atoms with E-state index in [9.17, 15) is 4.79 Å². The number of aryl methyl sites for hydroxylation is 1. The van der Waals surface area contributed by atoms with Gasteiger partial charge in [-0.2, -0.15) is 5.10 Å². The molecule has 6 heteroatoms. The van der Waals surface area contributed by atoms with E-state index in [1.54, 1.807) is 0 Å².